The summed E-state index contributed by atoms with van der Waals surface area (Å²) in [5.74, 6) is 0.926. The van der Waals surface area contributed by atoms with E-state index in [1.165, 1.54) is 25.7 Å². The van der Waals surface area contributed by atoms with Crippen LogP contribution < -0.4 is 0 Å². The lowest BCUT2D eigenvalue weighted by molar-refractivity contribution is 0.268. The second-order valence-electron chi connectivity index (χ2n) is 6.33. The molecule has 2 aromatic heterocycles. The minimum absolute atomic E-state index is 0.736. The van der Waals surface area contributed by atoms with Crippen molar-refractivity contribution in [3.05, 3.63) is 45.7 Å². The summed E-state index contributed by atoms with van der Waals surface area (Å²) in [5, 5.41) is 14.9. The molecule has 4 rings (SSSR count). The lowest BCUT2D eigenvalue weighted by Crippen LogP contribution is -2.25. The highest BCUT2D eigenvalue weighted by atomic mass is 35.5. The Hall–Kier alpha value is -1.76. The molecule has 0 N–H and O–H groups in total. The van der Waals surface area contributed by atoms with Gasteiger partial charge in [0.25, 0.3) is 0 Å². The van der Waals surface area contributed by atoms with Crippen LogP contribution in [-0.2, 0) is 6.54 Å². The zero-order valence-electron chi connectivity index (χ0n) is 13.9. The van der Waals surface area contributed by atoms with Gasteiger partial charge in [-0.3, -0.25) is 4.90 Å². The molecule has 0 saturated carbocycles. The first-order chi connectivity index (χ1) is 12.3. The Bertz CT molecular complexity index is 877. The molecule has 1 saturated heterocycles. The molecular formula is C18H20ClN5S. The Morgan fingerprint density at radius 3 is 2.72 bits per heavy atom. The molecule has 3 heterocycles. The van der Waals surface area contributed by atoms with Crippen LogP contribution in [0.1, 0.15) is 42.1 Å². The summed E-state index contributed by atoms with van der Waals surface area (Å²) in [7, 11) is 0. The molecule has 1 aliphatic heterocycles. The largest absolute Gasteiger partial charge is 0.296 e. The number of hydrogen-bond donors (Lipinski definition) is 0. The Morgan fingerprint density at radius 1 is 1.08 bits per heavy atom. The second kappa shape index (κ2) is 7.64. The van der Waals surface area contributed by atoms with Gasteiger partial charge in [-0.2, -0.15) is 9.61 Å². The smallest absolute Gasteiger partial charge is 0.235 e. The molecule has 1 aromatic carbocycles. The normalized spacial score (nSPS) is 16.7. The summed E-state index contributed by atoms with van der Waals surface area (Å²) in [6, 6.07) is 7.77. The first-order valence-electron chi connectivity index (χ1n) is 8.65. The topological polar surface area (TPSA) is 46.3 Å². The van der Waals surface area contributed by atoms with Gasteiger partial charge in [-0.15, -0.1) is 10.2 Å². The third-order valence-corrected chi connectivity index (χ3v) is 5.50. The van der Waals surface area contributed by atoms with Gasteiger partial charge in [0.1, 0.15) is 5.01 Å². The van der Waals surface area contributed by atoms with E-state index in [1.807, 2.05) is 40.9 Å². The van der Waals surface area contributed by atoms with E-state index < -0.39 is 0 Å². The first kappa shape index (κ1) is 16.7. The van der Waals surface area contributed by atoms with Crippen LogP contribution in [0.2, 0.25) is 5.02 Å². The standard InChI is InChI=1S/C18H20ClN5S/c19-15-7-5-6-14(12-15)8-9-17-22-24-16(20-21-18(24)25-17)13-23-10-3-1-2-4-11-23/h5-9,12H,1-4,10-11,13H2/b9-8+. The summed E-state index contributed by atoms with van der Waals surface area (Å²) < 4.78 is 1.88. The van der Waals surface area contributed by atoms with Crippen molar-refractivity contribution in [2.24, 2.45) is 0 Å². The maximum atomic E-state index is 6.02. The van der Waals surface area contributed by atoms with Crippen LogP contribution in [0.4, 0.5) is 0 Å². The van der Waals surface area contributed by atoms with Crippen LogP contribution in [0.25, 0.3) is 17.1 Å². The maximum Gasteiger partial charge on any atom is 0.235 e. The molecule has 0 bridgehead atoms. The van der Waals surface area contributed by atoms with Gasteiger partial charge in [-0.1, -0.05) is 54.0 Å². The predicted octanol–water partition coefficient (Wildman–Crippen LogP) is 4.39. The number of halogens is 1. The van der Waals surface area contributed by atoms with Gasteiger partial charge in [0.2, 0.25) is 4.96 Å². The fraction of sp³-hybridized carbons (Fsp3) is 0.389. The molecule has 5 nitrogen and oxygen atoms in total. The van der Waals surface area contributed by atoms with Gasteiger partial charge in [0.15, 0.2) is 5.82 Å². The van der Waals surface area contributed by atoms with E-state index in [9.17, 15) is 0 Å². The lowest BCUT2D eigenvalue weighted by atomic mass is 10.2. The maximum absolute atomic E-state index is 6.02. The monoisotopic (exact) mass is 373 g/mol. The molecule has 0 unspecified atom stereocenters. The average Bonchev–Trinajstić information content (AvgIpc) is 3.06. The molecule has 130 valence electrons. The fourth-order valence-electron chi connectivity index (χ4n) is 3.11. The van der Waals surface area contributed by atoms with Crippen LogP contribution in [0.3, 0.4) is 0 Å². The molecule has 0 amide bonds. The van der Waals surface area contributed by atoms with Crippen molar-refractivity contribution in [2.45, 2.75) is 32.2 Å². The zero-order valence-corrected chi connectivity index (χ0v) is 15.5. The molecule has 7 heteroatoms. The summed E-state index contributed by atoms with van der Waals surface area (Å²) in [4.78, 5) is 3.31. The van der Waals surface area contributed by atoms with E-state index in [2.05, 4.69) is 20.2 Å². The molecule has 25 heavy (non-hydrogen) atoms. The fourth-order valence-corrected chi connectivity index (χ4v) is 4.07. The number of aromatic nitrogens is 4. The Balaban J connectivity index is 1.51. The number of rotatable bonds is 4. The van der Waals surface area contributed by atoms with E-state index in [4.69, 9.17) is 11.6 Å². The van der Waals surface area contributed by atoms with E-state index in [1.54, 1.807) is 11.3 Å². The van der Waals surface area contributed by atoms with E-state index in [0.29, 0.717) is 0 Å². The first-order valence-corrected chi connectivity index (χ1v) is 9.84. The summed E-state index contributed by atoms with van der Waals surface area (Å²) in [6.07, 6.45) is 9.23. The van der Waals surface area contributed by atoms with Crippen molar-refractivity contribution in [1.29, 1.82) is 0 Å². The van der Waals surface area contributed by atoms with Crippen molar-refractivity contribution in [1.82, 2.24) is 24.7 Å². The van der Waals surface area contributed by atoms with Gasteiger partial charge in [0, 0.05) is 5.02 Å². The van der Waals surface area contributed by atoms with Crippen molar-refractivity contribution >= 4 is 40.1 Å². The molecular weight excluding hydrogens is 354 g/mol. The number of likely N-dealkylation sites (tertiary alicyclic amines) is 1. The minimum Gasteiger partial charge on any atom is -0.296 e. The Kier molecular flexibility index (Phi) is 5.10. The van der Waals surface area contributed by atoms with Crippen LogP contribution in [0.5, 0.6) is 0 Å². The van der Waals surface area contributed by atoms with Crippen molar-refractivity contribution in [2.75, 3.05) is 13.1 Å². The summed E-state index contributed by atoms with van der Waals surface area (Å²) in [6.45, 7) is 3.10. The molecule has 0 spiro atoms. The third-order valence-electron chi connectivity index (χ3n) is 4.40. The minimum atomic E-state index is 0.736. The number of fused-ring (bicyclic) bond motifs is 1. The molecule has 3 aromatic rings. The quantitative estimate of drug-likeness (QED) is 0.680. The predicted molar refractivity (Wildman–Crippen MR) is 103 cm³/mol. The van der Waals surface area contributed by atoms with Gasteiger partial charge in [0.05, 0.1) is 6.54 Å². The van der Waals surface area contributed by atoms with E-state index >= 15 is 0 Å². The number of nitrogens with zero attached hydrogens (tertiary/aromatic N) is 5. The lowest BCUT2D eigenvalue weighted by Gasteiger charge is -2.17. The highest BCUT2D eigenvalue weighted by molar-refractivity contribution is 7.17. The van der Waals surface area contributed by atoms with E-state index in [0.717, 1.165) is 46.0 Å². The van der Waals surface area contributed by atoms with Gasteiger partial charge in [-0.25, -0.2) is 0 Å². The van der Waals surface area contributed by atoms with Crippen LogP contribution in [0, 0.1) is 0 Å². The SMILES string of the molecule is Clc1cccc(/C=C/c2nn3c(CN4CCCCCC4)nnc3s2)c1. The van der Waals surface area contributed by atoms with Crippen LogP contribution in [0.15, 0.2) is 24.3 Å². The van der Waals surface area contributed by atoms with Crippen LogP contribution in [-0.4, -0.2) is 37.8 Å². The summed E-state index contributed by atoms with van der Waals surface area (Å²) >= 11 is 7.57. The summed E-state index contributed by atoms with van der Waals surface area (Å²) in [5.41, 5.74) is 1.06. The molecule has 1 fully saturated rings. The molecule has 0 atom stereocenters. The third kappa shape index (κ3) is 4.08. The van der Waals surface area contributed by atoms with Crippen LogP contribution >= 0.6 is 22.9 Å². The zero-order chi connectivity index (χ0) is 17.1. The van der Waals surface area contributed by atoms with E-state index in [-0.39, 0.29) is 0 Å². The second-order valence-corrected chi connectivity index (χ2v) is 7.75. The molecule has 0 radical (unpaired) electrons. The van der Waals surface area contributed by atoms with Gasteiger partial charge >= 0.3 is 0 Å². The van der Waals surface area contributed by atoms with Crippen molar-refractivity contribution in [3.8, 4) is 0 Å². The van der Waals surface area contributed by atoms with Gasteiger partial charge in [-0.05, 0) is 49.7 Å². The average molecular weight is 374 g/mol. The van der Waals surface area contributed by atoms with Crippen molar-refractivity contribution < 1.29 is 0 Å². The Morgan fingerprint density at radius 2 is 1.92 bits per heavy atom. The van der Waals surface area contributed by atoms with Crippen molar-refractivity contribution in [3.63, 3.8) is 0 Å². The number of hydrogen-bond acceptors (Lipinski definition) is 5. The number of benzene rings is 1. The highest BCUT2D eigenvalue weighted by Gasteiger charge is 2.15. The van der Waals surface area contributed by atoms with Gasteiger partial charge < -0.3 is 0 Å². The highest BCUT2D eigenvalue weighted by Crippen LogP contribution is 2.19. The molecule has 0 aliphatic carbocycles. The Labute approximate surface area is 155 Å². The molecule has 1 aliphatic rings.